The minimum Gasteiger partial charge on any atom is -0.469 e. The van der Waals surface area contributed by atoms with Crippen molar-refractivity contribution in [3.05, 3.63) is 0 Å². The molecule has 0 N–H and O–H groups in total. The highest BCUT2D eigenvalue weighted by Crippen LogP contribution is 2.62. The van der Waals surface area contributed by atoms with Crippen molar-refractivity contribution in [3.63, 3.8) is 0 Å². The van der Waals surface area contributed by atoms with E-state index in [-0.39, 0.29) is 11.8 Å². The van der Waals surface area contributed by atoms with Crippen LogP contribution in [0.25, 0.3) is 0 Å². The van der Waals surface area contributed by atoms with Gasteiger partial charge in [0.25, 0.3) is 0 Å². The van der Waals surface area contributed by atoms with E-state index in [4.69, 9.17) is 9.47 Å². The van der Waals surface area contributed by atoms with Gasteiger partial charge in [0, 0.05) is 0 Å². The lowest BCUT2D eigenvalue weighted by Crippen LogP contribution is -2.64. The summed E-state index contributed by atoms with van der Waals surface area (Å²) in [4.78, 5) is 23.8. The first-order chi connectivity index (χ1) is 8.63. The maximum atomic E-state index is 12.0. The van der Waals surface area contributed by atoms with Gasteiger partial charge in [-0.2, -0.15) is 5.26 Å². The summed E-state index contributed by atoms with van der Waals surface area (Å²) < 4.78 is 9.51. The smallest absolute Gasteiger partial charge is 0.327 e. The van der Waals surface area contributed by atoms with E-state index >= 15 is 0 Å². The molecule has 2 aliphatic carbocycles. The second-order valence-corrected chi connectivity index (χ2v) is 5.03. The Kier molecular flexibility index (Phi) is 3.29. The molecule has 0 saturated heterocycles. The molecule has 0 unspecified atom stereocenters. The van der Waals surface area contributed by atoms with E-state index in [1.807, 2.05) is 0 Å². The quantitative estimate of drug-likeness (QED) is 0.691. The molecule has 5 nitrogen and oxygen atoms in total. The molecule has 0 aliphatic heterocycles. The number of nitrogens with zero attached hydrogens (tertiary/aromatic N) is 1. The summed E-state index contributed by atoms with van der Waals surface area (Å²) in [6.45, 7) is 0. The number of fused-ring (bicyclic) bond motifs is 1. The first-order valence-corrected chi connectivity index (χ1v) is 6.21. The highest BCUT2D eigenvalue weighted by atomic mass is 16.5. The second kappa shape index (κ2) is 4.60. The number of hydrogen-bond donors (Lipinski definition) is 0. The number of carbonyl (C=O) groups is 2. The van der Waals surface area contributed by atoms with E-state index in [0.29, 0.717) is 0 Å². The average molecular weight is 251 g/mol. The summed E-state index contributed by atoms with van der Waals surface area (Å²) in [5.41, 5.74) is -1.33. The lowest BCUT2D eigenvalue weighted by Gasteiger charge is -2.56. The molecule has 2 rings (SSSR count). The molecule has 0 aromatic heterocycles. The zero-order valence-corrected chi connectivity index (χ0v) is 10.6. The number of carbonyl (C=O) groups excluding carboxylic acids is 2. The number of methoxy groups -OCH3 is 2. The minimum atomic E-state index is -1.33. The van der Waals surface area contributed by atoms with Crippen molar-refractivity contribution in [1.82, 2.24) is 0 Å². The molecule has 0 aromatic rings. The van der Waals surface area contributed by atoms with E-state index in [1.165, 1.54) is 14.2 Å². The molecule has 5 heteroatoms. The summed E-state index contributed by atoms with van der Waals surface area (Å²) in [6, 6.07) is 2.05. The number of hydrogen-bond acceptors (Lipinski definition) is 5. The largest absolute Gasteiger partial charge is 0.469 e. The Morgan fingerprint density at radius 3 is 2.44 bits per heavy atom. The molecule has 2 aliphatic rings. The first kappa shape index (κ1) is 12.9. The van der Waals surface area contributed by atoms with Crippen LogP contribution in [0, 0.1) is 34.5 Å². The van der Waals surface area contributed by atoms with Crippen LogP contribution in [0.1, 0.15) is 25.7 Å². The molecule has 4 atom stereocenters. The predicted molar refractivity (Wildman–Crippen MR) is 61.0 cm³/mol. The van der Waals surface area contributed by atoms with Crippen LogP contribution in [0.2, 0.25) is 0 Å². The van der Waals surface area contributed by atoms with Gasteiger partial charge in [-0.3, -0.25) is 9.59 Å². The molecule has 0 bridgehead atoms. The van der Waals surface area contributed by atoms with Crippen LogP contribution in [-0.2, 0) is 19.1 Å². The van der Waals surface area contributed by atoms with Gasteiger partial charge in [-0.05, 0) is 24.7 Å². The summed E-state index contributed by atoms with van der Waals surface area (Å²) in [5.74, 6) is -1.70. The summed E-state index contributed by atoms with van der Waals surface area (Å²) in [6.07, 6.45) is 3.72. The fraction of sp³-hybridized carbons (Fsp3) is 0.769. The van der Waals surface area contributed by atoms with Crippen molar-refractivity contribution >= 4 is 11.9 Å². The zero-order valence-electron chi connectivity index (χ0n) is 10.6. The number of ether oxygens (including phenoxy) is 2. The van der Waals surface area contributed by atoms with Gasteiger partial charge in [-0.15, -0.1) is 0 Å². The van der Waals surface area contributed by atoms with E-state index < -0.39 is 23.3 Å². The number of esters is 2. The van der Waals surface area contributed by atoms with Crippen LogP contribution < -0.4 is 0 Å². The Hall–Kier alpha value is -1.57. The third kappa shape index (κ3) is 1.45. The molecule has 0 heterocycles. The van der Waals surface area contributed by atoms with Crippen molar-refractivity contribution in [1.29, 1.82) is 5.26 Å². The van der Waals surface area contributed by atoms with Crippen LogP contribution in [0.4, 0.5) is 0 Å². The molecule has 0 spiro atoms. The molecule has 98 valence electrons. The second-order valence-electron chi connectivity index (χ2n) is 5.03. The predicted octanol–water partition coefficient (Wildman–Crippen LogP) is 1.28. The topological polar surface area (TPSA) is 76.4 Å². The van der Waals surface area contributed by atoms with Crippen LogP contribution >= 0.6 is 0 Å². The Morgan fingerprint density at radius 1 is 1.22 bits per heavy atom. The number of rotatable bonds is 2. The first-order valence-electron chi connectivity index (χ1n) is 6.21. The lowest BCUT2D eigenvalue weighted by atomic mass is 9.43. The summed E-state index contributed by atoms with van der Waals surface area (Å²) in [7, 11) is 2.55. The summed E-state index contributed by atoms with van der Waals surface area (Å²) in [5, 5.41) is 9.43. The van der Waals surface area contributed by atoms with Crippen molar-refractivity contribution in [3.8, 4) is 6.07 Å². The van der Waals surface area contributed by atoms with Crippen molar-refractivity contribution in [2.45, 2.75) is 25.7 Å². The Morgan fingerprint density at radius 2 is 1.89 bits per heavy atom. The molecule has 0 radical (unpaired) electrons. The normalized spacial score (nSPS) is 37.7. The molecule has 0 aromatic carbocycles. The van der Waals surface area contributed by atoms with Gasteiger partial charge in [-0.25, -0.2) is 0 Å². The van der Waals surface area contributed by atoms with E-state index in [9.17, 15) is 14.9 Å². The molecular weight excluding hydrogens is 234 g/mol. The van der Waals surface area contributed by atoms with E-state index in [2.05, 4.69) is 6.07 Å². The molecule has 2 fully saturated rings. The van der Waals surface area contributed by atoms with E-state index in [1.54, 1.807) is 0 Å². The van der Waals surface area contributed by atoms with Crippen LogP contribution in [0.15, 0.2) is 0 Å². The summed E-state index contributed by atoms with van der Waals surface area (Å²) >= 11 is 0. The maximum absolute atomic E-state index is 12.0. The average Bonchev–Trinajstić information content (AvgIpc) is 2.40. The fourth-order valence-corrected chi connectivity index (χ4v) is 3.71. The number of nitriles is 1. The lowest BCUT2D eigenvalue weighted by molar-refractivity contribution is -0.196. The van der Waals surface area contributed by atoms with Gasteiger partial charge < -0.3 is 9.47 Å². The van der Waals surface area contributed by atoms with Gasteiger partial charge in [0.15, 0.2) is 5.41 Å². The van der Waals surface area contributed by atoms with Gasteiger partial charge in [0.05, 0.1) is 26.2 Å². The highest BCUT2D eigenvalue weighted by molar-refractivity contribution is 5.91. The Balaban J connectivity index is 2.38. The van der Waals surface area contributed by atoms with Crippen LogP contribution in [0.5, 0.6) is 0 Å². The molecular formula is C13H17NO4. The van der Waals surface area contributed by atoms with Gasteiger partial charge in [0.1, 0.15) is 0 Å². The van der Waals surface area contributed by atoms with E-state index in [0.717, 1.165) is 25.7 Å². The minimum absolute atomic E-state index is 0.0622. The van der Waals surface area contributed by atoms with Gasteiger partial charge in [-0.1, -0.05) is 12.8 Å². The van der Waals surface area contributed by atoms with Crippen molar-refractivity contribution in [2.24, 2.45) is 23.2 Å². The Labute approximate surface area is 106 Å². The van der Waals surface area contributed by atoms with Crippen LogP contribution in [0.3, 0.4) is 0 Å². The Bertz CT molecular complexity index is 414. The van der Waals surface area contributed by atoms with Crippen molar-refractivity contribution in [2.75, 3.05) is 14.2 Å². The third-order valence-electron chi connectivity index (χ3n) is 4.49. The molecule has 0 amide bonds. The van der Waals surface area contributed by atoms with Gasteiger partial charge >= 0.3 is 11.9 Å². The molecule has 18 heavy (non-hydrogen) atoms. The zero-order chi connectivity index (χ0) is 13.3. The van der Waals surface area contributed by atoms with Crippen LogP contribution in [-0.4, -0.2) is 26.2 Å². The highest BCUT2D eigenvalue weighted by Gasteiger charge is 2.70. The monoisotopic (exact) mass is 251 g/mol. The SMILES string of the molecule is COC(=O)[C@@H]1[C@H]2CCCC[C@H]2[C@]1(C#N)C(=O)OC. The standard InChI is InChI=1S/C13H17NO4/c1-17-11(15)10-8-5-3-4-6-9(8)13(10,7-14)12(16)18-2/h8-10H,3-6H2,1-2H3/t8-,9+,10-,13-/m0/s1. The molecule has 2 saturated carbocycles. The van der Waals surface area contributed by atoms with Crippen molar-refractivity contribution < 1.29 is 19.1 Å². The van der Waals surface area contributed by atoms with Gasteiger partial charge in [0.2, 0.25) is 0 Å². The third-order valence-corrected chi connectivity index (χ3v) is 4.49. The fourth-order valence-electron chi connectivity index (χ4n) is 3.71. The maximum Gasteiger partial charge on any atom is 0.327 e.